The van der Waals surface area contributed by atoms with Crippen molar-refractivity contribution in [1.29, 1.82) is 0 Å². The maximum atomic E-state index is 13.4. The largest absolute Gasteiger partial charge is 0.0622 e. The molecule has 3 unspecified atom stereocenters. The smallest absolute Gasteiger partial charge is 0.0184 e. The van der Waals surface area contributed by atoms with Gasteiger partial charge in [0, 0.05) is 0 Å². The van der Waals surface area contributed by atoms with Gasteiger partial charge in [-0.1, -0.05) is 114 Å². The molecule has 1 N–H and O–H groups in total. The first-order chi connectivity index (χ1) is 54.0. The summed E-state index contributed by atoms with van der Waals surface area (Å²) in [5.41, 5.74) is -15.5. The molecule has 0 fully saturated rings. The summed E-state index contributed by atoms with van der Waals surface area (Å²) in [5, 5.41) is 0. The van der Waals surface area contributed by atoms with Crippen LogP contribution in [0.3, 0.4) is 0 Å². The second kappa shape index (κ2) is 42.2. The molecule has 116 heavy (non-hydrogen) atoms. The third kappa shape index (κ3) is 20.7. The van der Waals surface area contributed by atoms with Crippen LogP contribution in [-0.2, 0) is 3.80 Å². The topological polar surface area (TPSA) is 37.3 Å². The van der Waals surface area contributed by atoms with Crippen LogP contribution in [0.2, 0.25) is 0 Å². The van der Waals surface area contributed by atoms with Gasteiger partial charge in [0.2, 0.25) is 46.5 Å². The Hall–Kier alpha value is -10.0. The molecule has 0 aliphatic rings. The fourth-order valence-corrected chi connectivity index (χ4v) is 10.7. The van der Waals surface area contributed by atoms with E-state index in [0.717, 1.165) is 20.4 Å². The van der Waals surface area contributed by atoms with Crippen LogP contribution in [0.5, 0.6) is 0 Å². The van der Waals surface area contributed by atoms with Crippen LogP contribution in [0, 0.1) is 245 Å². The molecule has 0 saturated heterocycles. The molecule has 0 aliphatic heterocycles. The van der Waals surface area contributed by atoms with Crippen molar-refractivity contribution in [3.63, 3.8) is 0 Å². The molecule has 626 valence electrons. The predicted octanol–water partition coefficient (Wildman–Crippen LogP) is 25.8. The molecule has 10 aromatic rings. The fraction of sp³-hybridized carbons (Fsp3) is 0.167. The molecular weight excluding hydrogens is 1710 g/mol. The van der Waals surface area contributed by atoms with Gasteiger partial charge in [0.25, 0.3) is 0 Å². The van der Waals surface area contributed by atoms with Crippen molar-refractivity contribution in [2.45, 2.75) is 52.9 Å². The van der Waals surface area contributed by atoms with Crippen LogP contribution < -0.4 is 0 Å². The minimum atomic E-state index is -2.68. The zero-order chi connectivity index (χ0) is 88.8. The van der Waals surface area contributed by atoms with Gasteiger partial charge in [0.05, 0.1) is 44.5 Å². The average Bonchev–Trinajstić information content (AvgIpc) is 0.767. The molecule has 0 saturated carbocycles. The molecule has 0 aliphatic carbocycles. The zero-order valence-electron chi connectivity index (χ0n) is 57.2. The Morgan fingerprint density at radius 1 is 0.250 bits per heavy atom. The monoisotopic (exact) mass is 1750 g/mol. The normalized spacial score (nSPS) is 11.4. The SMILES string of the molecule is CCCC(CC)CCC(C)CPC.Fc1c(F)c(F)c(-c2c(F)c(F)c(F)c(F)c2F)c(F)c1F.Fc1c(F)c(F)c(-c2c(F)c(F)c(F)c(F)c2F)c(F)c1F.Fc1c(F)c(F)c(-c2c(F)c(F)c(F)c(F)c2F)c(F)c1F.Fc1c(F)c(F)c(-c2c(F)c(F)c(F)c(F)c2F)c(F)c1F.[O]=[Al][OH].c1ccc(-c2ccccc2)cc1. The van der Waals surface area contributed by atoms with Gasteiger partial charge in [-0.15, -0.1) is 8.58 Å². The van der Waals surface area contributed by atoms with Gasteiger partial charge in [-0.2, -0.15) is 0 Å². The van der Waals surface area contributed by atoms with E-state index in [1.165, 1.54) is 49.4 Å². The first kappa shape index (κ1) is 98.3. The minimum Gasteiger partial charge on any atom is -0.0622 e. The summed E-state index contributed by atoms with van der Waals surface area (Å²) in [6, 6.07) is 20.8. The first-order valence-corrected chi connectivity index (χ1v) is 33.7. The van der Waals surface area contributed by atoms with E-state index >= 15 is 0 Å². The molecule has 2 nitrogen and oxygen atoms in total. The van der Waals surface area contributed by atoms with E-state index in [1.807, 2.05) is 12.1 Å². The first-order valence-electron chi connectivity index (χ1n) is 31.0. The molecule has 44 heteroatoms. The van der Waals surface area contributed by atoms with E-state index in [-0.39, 0.29) is 0 Å². The molecule has 0 spiro atoms. The van der Waals surface area contributed by atoms with Crippen molar-refractivity contribution >= 4 is 24.1 Å². The third-order valence-corrected chi connectivity index (χ3v) is 16.6. The van der Waals surface area contributed by atoms with Crippen LogP contribution in [0.25, 0.3) is 55.6 Å². The molecule has 10 aromatic carbocycles. The molecule has 0 bridgehead atoms. The van der Waals surface area contributed by atoms with Crippen LogP contribution >= 0.6 is 8.58 Å². The number of rotatable bonds is 13. The standard InChI is InChI=1S/4C12F10.C12H27P.C12H10.Al.H2O.O/c4*13-3-1(4(14)8(18)11(21)7(3)17)2-5(15)9(19)12(22)10(20)6(2)16;1-5-7-12(6-2)9-8-11(3)10-13-4;1-3-7-11(8-4-1)12-9-5-2-6-10-12;;;/h;;;;11-13H,5-10H2,1-4H3;1-10H;;1H2;/q;;;;;;+1;;/p-1. The van der Waals surface area contributed by atoms with Crippen molar-refractivity contribution in [3.8, 4) is 55.6 Å². The summed E-state index contributed by atoms with van der Waals surface area (Å²) in [5.74, 6) is -105. The number of hydrogen-bond donors (Lipinski definition) is 1. The summed E-state index contributed by atoms with van der Waals surface area (Å²) in [6.45, 7) is 9.38. The minimum absolute atomic E-state index is 0.967. The average molecular weight is 1750 g/mol. The number of halogens is 40. The van der Waals surface area contributed by atoms with E-state index in [9.17, 15) is 176 Å². The molecule has 0 heterocycles. The van der Waals surface area contributed by atoms with Gasteiger partial charge in [0.15, 0.2) is 186 Å². The van der Waals surface area contributed by atoms with Crippen LogP contribution in [0.4, 0.5) is 176 Å². The Labute approximate surface area is 632 Å². The summed E-state index contributed by atoms with van der Waals surface area (Å²) < 4.78 is 540. The summed E-state index contributed by atoms with van der Waals surface area (Å²) in [6.07, 6.45) is 8.56. The van der Waals surface area contributed by atoms with Gasteiger partial charge in [-0.25, -0.2) is 176 Å². The van der Waals surface area contributed by atoms with Crippen LogP contribution in [0.15, 0.2) is 60.7 Å². The Morgan fingerprint density at radius 3 is 0.509 bits per heavy atom. The Kier molecular flexibility index (Phi) is 35.8. The van der Waals surface area contributed by atoms with E-state index in [0.29, 0.717) is 0 Å². The van der Waals surface area contributed by atoms with E-state index in [4.69, 9.17) is 7.96 Å². The van der Waals surface area contributed by atoms with Crippen molar-refractivity contribution in [2.24, 2.45) is 11.8 Å². The zero-order valence-corrected chi connectivity index (χ0v) is 59.4. The fourth-order valence-electron chi connectivity index (χ4n) is 9.79. The van der Waals surface area contributed by atoms with Crippen LogP contribution in [-0.4, -0.2) is 32.5 Å². The predicted molar refractivity (Wildman–Crippen MR) is 333 cm³/mol. The van der Waals surface area contributed by atoms with Crippen LogP contribution in [0.1, 0.15) is 52.9 Å². The van der Waals surface area contributed by atoms with Crippen molar-refractivity contribution in [1.82, 2.24) is 0 Å². The maximum Gasteiger partial charge on any atom is -0.0184 e. The van der Waals surface area contributed by atoms with Crippen molar-refractivity contribution in [3.05, 3.63) is 293 Å². The number of hydrogen-bond acceptors (Lipinski definition) is 1. The van der Waals surface area contributed by atoms with E-state index in [2.05, 4.69) is 76.0 Å². The Morgan fingerprint density at radius 2 is 0.388 bits per heavy atom. The maximum absolute atomic E-state index is 13.4. The molecule has 3 atom stereocenters. The van der Waals surface area contributed by atoms with Gasteiger partial charge in [-0.05, 0) is 35.8 Å². The van der Waals surface area contributed by atoms with Gasteiger partial charge >= 0.3 is 23.4 Å². The van der Waals surface area contributed by atoms with Gasteiger partial charge in [-0.3, -0.25) is 0 Å². The van der Waals surface area contributed by atoms with Crippen molar-refractivity contribution < 1.29 is 184 Å². The second-order valence-electron chi connectivity index (χ2n) is 22.7. The molecule has 0 aromatic heterocycles. The Balaban J connectivity index is 0.000000295. The summed E-state index contributed by atoms with van der Waals surface area (Å²) in [7, 11) is 1.14. The summed E-state index contributed by atoms with van der Waals surface area (Å²) >= 11 is -1.50. The van der Waals surface area contributed by atoms with Crippen molar-refractivity contribution in [2.75, 3.05) is 12.8 Å². The second-order valence-corrected chi connectivity index (χ2v) is 24.0. The third-order valence-electron chi connectivity index (χ3n) is 15.5. The van der Waals surface area contributed by atoms with Gasteiger partial charge < -0.3 is 0 Å². The number of benzene rings is 10. The molecule has 0 radical (unpaired) electrons. The summed E-state index contributed by atoms with van der Waals surface area (Å²) in [4.78, 5) is 0. The molecular formula is C72H38AlF40O2P. The Bertz CT molecular complexity index is 4210. The molecule has 10 rings (SSSR count). The molecule has 0 amide bonds. The van der Waals surface area contributed by atoms with E-state index in [1.54, 1.807) is 0 Å². The van der Waals surface area contributed by atoms with E-state index < -0.39 is 293 Å². The van der Waals surface area contributed by atoms with Gasteiger partial charge in [0.1, 0.15) is 0 Å². The quantitative estimate of drug-likeness (QED) is 0.0411.